The minimum atomic E-state index is 0.430. The fourth-order valence-corrected chi connectivity index (χ4v) is 2.94. The molecule has 0 aliphatic carbocycles. The number of benzene rings is 1. The Balaban J connectivity index is 1.85. The Morgan fingerprint density at radius 2 is 2.17 bits per heavy atom. The first-order valence-electron chi connectivity index (χ1n) is 8.27. The highest BCUT2D eigenvalue weighted by Gasteiger charge is 2.23. The number of rotatable bonds is 7. The molecular formula is C17H27BrN4O. The maximum absolute atomic E-state index is 5.07. The molecule has 1 heterocycles. The molecule has 5 nitrogen and oxygen atoms in total. The van der Waals surface area contributed by atoms with Crippen molar-refractivity contribution in [1.82, 2.24) is 10.6 Å². The van der Waals surface area contributed by atoms with Gasteiger partial charge in [-0.3, -0.25) is 4.99 Å². The second kappa shape index (κ2) is 9.78. The van der Waals surface area contributed by atoms with Gasteiger partial charge in [-0.05, 0) is 44.0 Å². The van der Waals surface area contributed by atoms with Crippen molar-refractivity contribution >= 4 is 27.6 Å². The molecule has 1 saturated heterocycles. The predicted octanol–water partition coefficient (Wildman–Crippen LogP) is 2.62. The monoisotopic (exact) mass is 382 g/mol. The van der Waals surface area contributed by atoms with Gasteiger partial charge in [0.15, 0.2) is 5.96 Å². The number of nitrogens with zero attached hydrogens (tertiary/aromatic N) is 2. The van der Waals surface area contributed by atoms with Gasteiger partial charge in [0.05, 0.1) is 0 Å². The van der Waals surface area contributed by atoms with E-state index in [0.29, 0.717) is 6.04 Å². The van der Waals surface area contributed by atoms with E-state index in [9.17, 15) is 0 Å². The fraction of sp³-hybridized carbons (Fsp3) is 0.588. The number of hydrogen-bond donors (Lipinski definition) is 2. The molecule has 0 radical (unpaired) electrons. The van der Waals surface area contributed by atoms with E-state index in [1.54, 1.807) is 7.11 Å². The molecule has 128 valence electrons. The average Bonchev–Trinajstić information content (AvgIpc) is 3.01. The van der Waals surface area contributed by atoms with Crippen molar-refractivity contribution in [2.24, 2.45) is 4.99 Å². The first-order valence-corrected chi connectivity index (χ1v) is 9.06. The molecule has 0 spiro atoms. The van der Waals surface area contributed by atoms with E-state index in [-0.39, 0.29) is 0 Å². The van der Waals surface area contributed by atoms with Crippen molar-refractivity contribution < 1.29 is 4.74 Å². The standard InChI is InChI=1S/C17H27BrN4O/c1-3-19-17(20-10-4-12-23-2)21-15-9-11-22(13-15)16-7-5-14(18)6-8-16/h5-8,15H,3-4,9-13H2,1-2H3,(H2,19,20,21). The topological polar surface area (TPSA) is 48.9 Å². The largest absolute Gasteiger partial charge is 0.385 e. The van der Waals surface area contributed by atoms with Gasteiger partial charge in [0.1, 0.15) is 0 Å². The Hall–Kier alpha value is -1.27. The summed E-state index contributed by atoms with van der Waals surface area (Å²) in [7, 11) is 1.72. The van der Waals surface area contributed by atoms with Crippen molar-refractivity contribution in [2.45, 2.75) is 25.8 Å². The molecule has 1 aliphatic rings. The molecule has 1 aromatic rings. The molecule has 0 amide bonds. The molecule has 0 saturated carbocycles. The Labute approximate surface area is 147 Å². The maximum Gasteiger partial charge on any atom is 0.191 e. The van der Waals surface area contributed by atoms with Crippen molar-refractivity contribution in [2.75, 3.05) is 44.8 Å². The number of nitrogens with one attached hydrogen (secondary N) is 2. The second-order valence-electron chi connectivity index (χ2n) is 5.66. The first-order chi connectivity index (χ1) is 11.2. The number of hydrogen-bond acceptors (Lipinski definition) is 3. The Morgan fingerprint density at radius 1 is 1.39 bits per heavy atom. The SMILES string of the molecule is CCNC(=NCCCOC)NC1CCN(c2ccc(Br)cc2)C1. The van der Waals surface area contributed by atoms with E-state index in [1.807, 2.05) is 0 Å². The lowest BCUT2D eigenvalue weighted by atomic mass is 10.3. The summed E-state index contributed by atoms with van der Waals surface area (Å²) in [5, 5.41) is 6.87. The highest BCUT2D eigenvalue weighted by molar-refractivity contribution is 9.10. The molecule has 1 unspecified atom stereocenters. The van der Waals surface area contributed by atoms with Gasteiger partial charge in [-0.25, -0.2) is 0 Å². The molecular weight excluding hydrogens is 356 g/mol. The number of ether oxygens (including phenoxy) is 1. The van der Waals surface area contributed by atoms with Crippen LogP contribution in [0, 0.1) is 0 Å². The van der Waals surface area contributed by atoms with Gasteiger partial charge in [0.25, 0.3) is 0 Å². The first kappa shape index (κ1) is 18.1. The van der Waals surface area contributed by atoms with Crippen LogP contribution in [0.2, 0.25) is 0 Å². The summed E-state index contributed by atoms with van der Waals surface area (Å²) in [5.41, 5.74) is 1.28. The lowest BCUT2D eigenvalue weighted by Gasteiger charge is -2.20. The molecule has 0 aromatic heterocycles. The van der Waals surface area contributed by atoms with Crippen LogP contribution in [0.3, 0.4) is 0 Å². The van der Waals surface area contributed by atoms with Crippen LogP contribution in [-0.2, 0) is 4.74 Å². The lowest BCUT2D eigenvalue weighted by molar-refractivity contribution is 0.197. The third-order valence-corrected chi connectivity index (χ3v) is 4.37. The summed E-state index contributed by atoms with van der Waals surface area (Å²) in [6, 6.07) is 8.95. The summed E-state index contributed by atoms with van der Waals surface area (Å²) in [6.07, 6.45) is 2.07. The highest BCUT2D eigenvalue weighted by atomic mass is 79.9. The zero-order chi connectivity index (χ0) is 16.5. The van der Waals surface area contributed by atoms with Crippen molar-refractivity contribution in [3.05, 3.63) is 28.7 Å². The summed E-state index contributed by atoms with van der Waals surface area (Å²) in [4.78, 5) is 7.03. The summed E-state index contributed by atoms with van der Waals surface area (Å²) in [5.74, 6) is 0.909. The van der Waals surface area contributed by atoms with Crippen LogP contribution in [0.4, 0.5) is 5.69 Å². The van der Waals surface area contributed by atoms with Crippen LogP contribution < -0.4 is 15.5 Å². The average molecular weight is 383 g/mol. The van der Waals surface area contributed by atoms with E-state index >= 15 is 0 Å². The molecule has 0 bridgehead atoms. The lowest BCUT2D eigenvalue weighted by Crippen LogP contribution is -2.44. The van der Waals surface area contributed by atoms with E-state index in [1.165, 1.54) is 5.69 Å². The van der Waals surface area contributed by atoms with Gasteiger partial charge in [-0.15, -0.1) is 0 Å². The molecule has 1 atom stereocenters. The van der Waals surface area contributed by atoms with Gasteiger partial charge >= 0.3 is 0 Å². The van der Waals surface area contributed by atoms with Crippen LogP contribution in [-0.4, -0.2) is 51.9 Å². The molecule has 1 aromatic carbocycles. The molecule has 23 heavy (non-hydrogen) atoms. The number of anilines is 1. The zero-order valence-electron chi connectivity index (χ0n) is 14.0. The summed E-state index contributed by atoms with van der Waals surface area (Å²) < 4.78 is 6.19. The van der Waals surface area contributed by atoms with Gasteiger partial charge in [-0.1, -0.05) is 15.9 Å². The maximum atomic E-state index is 5.07. The number of halogens is 1. The fourth-order valence-electron chi connectivity index (χ4n) is 2.68. The minimum Gasteiger partial charge on any atom is -0.385 e. The Morgan fingerprint density at radius 3 is 2.87 bits per heavy atom. The van der Waals surface area contributed by atoms with E-state index in [4.69, 9.17) is 4.74 Å². The van der Waals surface area contributed by atoms with Gasteiger partial charge in [0, 0.05) is 56.1 Å². The summed E-state index contributed by atoms with van der Waals surface area (Å²) in [6.45, 7) is 6.58. The molecule has 1 aliphatic heterocycles. The molecule has 6 heteroatoms. The van der Waals surface area contributed by atoms with Gasteiger partial charge in [0.2, 0.25) is 0 Å². The van der Waals surface area contributed by atoms with Gasteiger partial charge in [-0.2, -0.15) is 0 Å². The highest BCUT2D eigenvalue weighted by Crippen LogP contribution is 2.22. The molecule has 2 N–H and O–H groups in total. The smallest absolute Gasteiger partial charge is 0.191 e. The predicted molar refractivity (Wildman–Crippen MR) is 100 cm³/mol. The van der Waals surface area contributed by atoms with Crippen molar-refractivity contribution in [3.63, 3.8) is 0 Å². The van der Waals surface area contributed by atoms with Crippen LogP contribution >= 0.6 is 15.9 Å². The minimum absolute atomic E-state index is 0.430. The van der Waals surface area contributed by atoms with E-state index < -0.39 is 0 Å². The third kappa shape index (κ3) is 6.03. The van der Waals surface area contributed by atoms with Gasteiger partial charge < -0.3 is 20.3 Å². The Bertz CT molecular complexity index is 492. The number of methoxy groups -OCH3 is 1. The van der Waals surface area contributed by atoms with Crippen LogP contribution in [0.1, 0.15) is 19.8 Å². The van der Waals surface area contributed by atoms with Crippen LogP contribution in [0.5, 0.6) is 0 Å². The van der Waals surface area contributed by atoms with E-state index in [2.05, 4.69) is 67.6 Å². The van der Waals surface area contributed by atoms with Crippen molar-refractivity contribution in [3.8, 4) is 0 Å². The quantitative estimate of drug-likeness (QED) is 0.432. The van der Waals surface area contributed by atoms with Crippen molar-refractivity contribution in [1.29, 1.82) is 0 Å². The molecule has 1 fully saturated rings. The number of guanidine groups is 1. The second-order valence-corrected chi connectivity index (χ2v) is 6.58. The van der Waals surface area contributed by atoms with E-state index in [0.717, 1.165) is 56.1 Å². The zero-order valence-corrected chi connectivity index (χ0v) is 15.6. The van der Waals surface area contributed by atoms with Crippen LogP contribution in [0.15, 0.2) is 33.7 Å². The molecule has 2 rings (SSSR count). The van der Waals surface area contributed by atoms with Crippen LogP contribution in [0.25, 0.3) is 0 Å². The third-order valence-electron chi connectivity index (χ3n) is 3.84. The normalized spacial score (nSPS) is 18.3. The Kier molecular flexibility index (Phi) is 7.68. The summed E-state index contributed by atoms with van der Waals surface area (Å²) >= 11 is 3.49. The number of aliphatic imine (C=N–C) groups is 1.